The molecule has 0 saturated carbocycles. The van der Waals surface area contributed by atoms with Gasteiger partial charge in [-0.3, -0.25) is 4.98 Å². The number of alkyl halides is 2. The van der Waals surface area contributed by atoms with Gasteiger partial charge in [-0.25, -0.2) is 8.78 Å². The fourth-order valence-corrected chi connectivity index (χ4v) is 2.01. The van der Waals surface area contributed by atoms with Gasteiger partial charge in [-0.1, -0.05) is 0 Å². The summed E-state index contributed by atoms with van der Waals surface area (Å²) in [4.78, 5) is 3.60. The van der Waals surface area contributed by atoms with E-state index in [4.69, 9.17) is 5.26 Å². The SMILES string of the molecule is N#CCc1cnc(C(F)F)c(Br)c1I. The zero-order valence-corrected chi connectivity index (χ0v) is 10.5. The summed E-state index contributed by atoms with van der Waals surface area (Å²) in [5, 5.41) is 8.47. The molecule has 0 N–H and O–H groups in total. The fourth-order valence-electron chi connectivity index (χ4n) is 0.875. The number of hydrogen-bond donors (Lipinski definition) is 0. The number of hydrogen-bond acceptors (Lipinski definition) is 2. The molecule has 0 fully saturated rings. The molecule has 0 amide bonds. The van der Waals surface area contributed by atoms with Crippen molar-refractivity contribution in [2.24, 2.45) is 0 Å². The van der Waals surface area contributed by atoms with E-state index in [0.29, 0.717) is 9.13 Å². The van der Waals surface area contributed by atoms with Gasteiger partial charge in [0.1, 0.15) is 5.69 Å². The Kier molecular flexibility index (Phi) is 4.19. The number of rotatable bonds is 2. The first-order valence-corrected chi connectivity index (χ1v) is 5.43. The van der Waals surface area contributed by atoms with E-state index in [2.05, 4.69) is 20.9 Å². The van der Waals surface area contributed by atoms with E-state index in [1.807, 2.05) is 28.7 Å². The molecule has 74 valence electrons. The van der Waals surface area contributed by atoms with Crippen LogP contribution in [0.5, 0.6) is 0 Å². The summed E-state index contributed by atoms with van der Waals surface area (Å²) < 4.78 is 25.6. The van der Waals surface area contributed by atoms with Gasteiger partial charge in [-0.05, 0) is 44.1 Å². The highest BCUT2D eigenvalue weighted by Gasteiger charge is 2.17. The third-order valence-electron chi connectivity index (χ3n) is 1.54. The quantitative estimate of drug-likeness (QED) is 0.745. The van der Waals surface area contributed by atoms with Gasteiger partial charge in [0.2, 0.25) is 0 Å². The van der Waals surface area contributed by atoms with Crippen LogP contribution in [-0.4, -0.2) is 4.98 Å². The van der Waals surface area contributed by atoms with E-state index in [1.165, 1.54) is 6.20 Å². The minimum atomic E-state index is -2.60. The Bertz CT molecular complexity index is 390. The number of halogens is 4. The molecule has 0 aliphatic heterocycles. The number of aromatic nitrogens is 1. The van der Waals surface area contributed by atoms with Gasteiger partial charge in [-0.2, -0.15) is 5.26 Å². The van der Waals surface area contributed by atoms with Crippen LogP contribution in [0.2, 0.25) is 0 Å². The van der Waals surface area contributed by atoms with Crippen molar-refractivity contribution < 1.29 is 8.78 Å². The molecular formula is C8H4BrF2IN2. The zero-order chi connectivity index (χ0) is 10.7. The van der Waals surface area contributed by atoms with Crippen LogP contribution in [0.15, 0.2) is 10.7 Å². The van der Waals surface area contributed by atoms with Gasteiger partial charge < -0.3 is 0 Å². The van der Waals surface area contributed by atoms with E-state index >= 15 is 0 Å². The summed E-state index contributed by atoms with van der Waals surface area (Å²) in [6, 6.07) is 1.95. The minimum absolute atomic E-state index is 0.174. The maximum atomic E-state index is 12.4. The molecule has 14 heavy (non-hydrogen) atoms. The van der Waals surface area contributed by atoms with E-state index in [1.54, 1.807) is 0 Å². The van der Waals surface area contributed by atoms with Crippen LogP contribution in [0.3, 0.4) is 0 Å². The molecule has 0 radical (unpaired) electrons. The summed E-state index contributed by atoms with van der Waals surface area (Å²) in [6.45, 7) is 0. The fraction of sp³-hybridized carbons (Fsp3) is 0.250. The first-order valence-electron chi connectivity index (χ1n) is 3.55. The Hall–Kier alpha value is -0.290. The number of nitrogens with zero attached hydrogens (tertiary/aromatic N) is 2. The minimum Gasteiger partial charge on any atom is -0.254 e. The van der Waals surface area contributed by atoms with Crippen molar-refractivity contribution in [3.05, 3.63) is 25.5 Å². The van der Waals surface area contributed by atoms with Crippen LogP contribution >= 0.6 is 38.5 Å². The predicted molar refractivity (Wildman–Crippen MR) is 58.9 cm³/mol. The molecule has 0 saturated heterocycles. The third kappa shape index (κ3) is 2.39. The highest BCUT2D eigenvalue weighted by molar-refractivity contribution is 14.1. The molecule has 0 aliphatic rings. The van der Waals surface area contributed by atoms with Gasteiger partial charge in [-0.15, -0.1) is 0 Å². The normalized spacial score (nSPS) is 10.3. The molecule has 1 aromatic heterocycles. The van der Waals surface area contributed by atoms with Gasteiger partial charge >= 0.3 is 0 Å². The first-order chi connectivity index (χ1) is 6.57. The Labute approximate surface area is 102 Å². The van der Waals surface area contributed by atoms with Gasteiger partial charge in [0.05, 0.1) is 17.0 Å². The highest BCUT2D eigenvalue weighted by Crippen LogP contribution is 2.31. The lowest BCUT2D eigenvalue weighted by Crippen LogP contribution is -1.98. The lowest BCUT2D eigenvalue weighted by molar-refractivity contribution is 0.145. The molecule has 0 unspecified atom stereocenters. The van der Waals surface area contributed by atoms with Crippen LogP contribution in [0.25, 0.3) is 0 Å². The molecule has 1 heterocycles. The summed E-state index contributed by atoms with van der Waals surface area (Å²) in [6.07, 6.45) is -1.11. The number of pyridine rings is 1. The molecule has 0 atom stereocenters. The molecule has 1 aromatic rings. The standard InChI is InChI=1S/C8H4BrF2IN2/c9-5-6(12)4(1-2-13)3-14-7(5)8(10)11/h3,8H,1H2. The summed E-state index contributed by atoms with van der Waals surface area (Å²) >= 11 is 4.96. The van der Waals surface area contributed by atoms with Crippen molar-refractivity contribution >= 4 is 38.5 Å². The Balaban J connectivity index is 3.20. The van der Waals surface area contributed by atoms with E-state index in [-0.39, 0.29) is 16.6 Å². The topological polar surface area (TPSA) is 36.7 Å². The van der Waals surface area contributed by atoms with Crippen molar-refractivity contribution in [1.29, 1.82) is 5.26 Å². The lowest BCUT2D eigenvalue weighted by atomic mass is 10.2. The van der Waals surface area contributed by atoms with Crippen molar-refractivity contribution in [2.75, 3.05) is 0 Å². The second kappa shape index (κ2) is 4.98. The molecule has 0 aliphatic carbocycles. The Morgan fingerprint density at radius 2 is 2.29 bits per heavy atom. The van der Waals surface area contributed by atoms with Gasteiger partial charge in [0, 0.05) is 9.77 Å². The Morgan fingerprint density at radius 3 is 2.79 bits per heavy atom. The van der Waals surface area contributed by atoms with Crippen molar-refractivity contribution in [1.82, 2.24) is 4.98 Å². The molecule has 0 aromatic carbocycles. The van der Waals surface area contributed by atoms with Crippen LogP contribution in [0.1, 0.15) is 17.7 Å². The van der Waals surface area contributed by atoms with Crippen LogP contribution in [0, 0.1) is 14.9 Å². The van der Waals surface area contributed by atoms with Crippen molar-refractivity contribution in [3.63, 3.8) is 0 Å². The van der Waals surface area contributed by atoms with Gasteiger partial charge in [0.25, 0.3) is 6.43 Å². The smallest absolute Gasteiger partial charge is 0.254 e. The van der Waals surface area contributed by atoms with Crippen molar-refractivity contribution in [3.8, 4) is 6.07 Å². The second-order valence-electron chi connectivity index (χ2n) is 2.43. The Morgan fingerprint density at radius 1 is 1.64 bits per heavy atom. The monoisotopic (exact) mass is 372 g/mol. The van der Waals surface area contributed by atoms with E-state index < -0.39 is 6.43 Å². The largest absolute Gasteiger partial charge is 0.281 e. The van der Waals surface area contributed by atoms with Crippen LogP contribution < -0.4 is 0 Å². The molecular weight excluding hydrogens is 369 g/mol. The lowest BCUT2D eigenvalue weighted by Gasteiger charge is -2.06. The third-order valence-corrected chi connectivity index (χ3v) is 4.31. The van der Waals surface area contributed by atoms with Gasteiger partial charge in [0.15, 0.2) is 0 Å². The zero-order valence-electron chi connectivity index (χ0n) is 6.77. The molecule has 0 spiro atoms. The highest BCUT2D eigenvalue weighted by atomic mass is 127. The summed E-state index contributed by atoms with van der Waals surface area (Å²) in [7, 11) is 0. The predicted octanol–water partition coefficient (Wildman–Crippen LogP) is 3.45. The van der Waals surface area contributed by atoms with Crippen LogP contribution in [-0.2, 0) is 6.42 Å². The van der Waals surface area contributed by atoms with Crippen molar-refractivity contribution in [2.45, 2.75) is 12.8 Å². The maximum absolute atomic E-state index is 12.4. The average Bonchev–Trinajstić information content (AvgIpc) is 2.13. The molecule has 6 heteroatoms. The van der Waals surface area contributed by atoms with E-state index in [9.17, 15) is 8.78 Å². The maximum Gasteiger partial charge on any atom is 0.281 e. The second-order valence-corrected chi connectivity index (χ2v) is 4.30. The van der Waals surface area contributed by atoms with Crippen LogP contribution in [0.4, 0.5) is 8.78 Å². The summed E-state index contributed by atoms with van der Waals surface area (Å²) in [5.41, 5.74) is 0.375. The molecule has 1 rings (SSSR count). The average molecular weight is 373 g/mol. The first kappa shape index (κ1) is 11.8. The van der Waals surface area contributed by atoms with E-state index in [0.717, 1.165) is 0 Å². The molecule has 2 nitrogen and oxygen atoms in total. The summed E-state index contributed by atoms with van der Waals surface area (Å²) in [5.74, 6) is 0. The molecule has 0 bridgehead atoms. The number of nitriles is 1.